The molecule has 21 nitrogen and oxygen atoms in total. The first-order valence-electron chi connectivity index (χ1n) is 12.6. The quantitative estimate of drug-likeness (QED) is 0.132. The van der Waals surface area contributed by atoms with Crippen LogP contribution in [0.25, 0.3) is 0 Å². The molecule has 258 valence electrons. The fourth-order valence-electron chi connectivity index (χ4n) is 5.47. The van der Waals surface area contributed by atoms with Gasteiger partial charge < -0.3 is 14.5 Å². The molecule has 0 aromatic carbocycles. The van der Waals surface area contributed by atoms with Crippen molar-refractivity contribution in [1.82, 2.24) is 4.98 Å². The number of hydrogen-bond donors (Lipinski definition) is 5. The number of hydrogen-bond acceptors (Lipinski definition) is 16. The minimum absolute atomic E-state index is 0.111. The maximum absolute atomic E-state index is 12.0. The average molecular weight is 732 g/mol. The number of rotatable bonds is 12. The Labute approximate surface area is 257 Å². The molecule has 2 fully saturated rings. The van der Waals surface area contributed by atoms with Gasteiger partial charge in [-0.05, 0) is 37.8 Å². The van der Waals surface area contributed by atoms with Gasteiger partial charge >= 0.3 is 53.5 Å². The molecule has 2 aliphatic rings. The lowest BCUT2D eigenvalue weighted by molar-refractivity contribution is -0.161. The first kappa shape index (κ1) is 37.2. The zero-order chi connectivity index (χ0) is 34.1. The van der Waals surface area contributed by atoms with Gasteiger partial charge in [0.25, 0.3) is 0 Å². The first-order chi connectivity index (χ1) is 20.4. The van der Waals surface area contributed by atoms with Crippen molar-refractivity contribution >= 4 is 53.5 Å². The van der Waals surface area contributed by atoms with Crippen LogP contribution in [0.15, 0.2) is 12.1 Å². The molecule has 1 aromatic rings. The first-order valence-corrected chi connectivity index (χ1v) is 18.0. The summed E-state index contributed by atoms with van der Waals surface area (Å²) in [4.78, 5) is 26.8. The van der Waals surface area contributed by atoms with Crippen LogP contribution in [0.4, 0.5) is 0 Å². The molecule has 0 saturated heterocycles. The van der Waals surface area contributed by atoms with E-state index in [9.17, 15) is 52.4 Å². The average Bonchev–Trinajstić information content (AvgIpc) is 3.29. The predicted molar refractivity (Wildman–Crippen MR) is 142 cm³/mol. The normalized spacial score (nSPS) is 30.0. The lowest BCUT2D eigenvalue weighted by Crippen LogP contribution is -2.51. The second-order valence-electron chi connectivity index (χ2n) is 9.99. The molecule has 2 saturated carbocycles. The molecule has 0 bridgehead atoms. The Bertz CT molecular complexity index is 1560. The summed E-state index contributed by atoms with van der Waals surface area (Å²) in [5, 5.41) is 0. The van der Waals surface area contributed by atoms with Crippen LogP contribution in [0.3, 0.4) is 0 Å². The second kappa shape index (κ2) is 13.8. The zero-order valence-electron chi connectivity index (χ0n) is 23.1. The van der Waals surface area contributed by atoms with Gasteiger partial charge in [-0.1, -0.05) is 0 Å². The van der Waals surface area contributed by atoms with Crippen molar-refractivity contribution in [2.45, 2.75) is 88.0 Å². The van der Waals surface area contributed by atoms with Crippen LogP contribution < -0.4 is 0 Å². The molecule has 5 N–H and O–H groups in total. The highest BCUT2D eigenvalue weighted by Crippen LogP contribution is 2.42. The number of aromatic amines is 1. The Hall–Kier alpha value is -2.30. The van der Waals surface area contributed by atoms with Gasteiger partial charge in [-0.3, -0.25) is 27.8 Å². The number of carbonyl (C=O) groups is 2. The number of carbonyl (C=O) groups excluding carboxylic acids is 2. The molecule has 0 unspecified atom stereocenters. The lowest BCUT2D eigenvalue weighted by Gasteiger charge is -2.40. The van der Waals surface area contributed by atoms with Crippen molar-refractivity contribution in [2.75, 3.05) is 0 Å². The zero-order valence-corrected chi connectivity index (χ0v) is 26.3. The number of ether oxygens (including phenoxy) is 2. The van der Waals surface area contributed by atoms with Crippen LogP contribution in [0.2, 0.25) is 0 Å². The summed E-state index contributed by atoms with van der Waals surface area (Å²) >= 11 is 0. The van der Waals surface area contributed by atoms with Crippen molar-refractivity contribution in [3.63, 3.8) is 0 Å². The van der Waals surface area contributed by atoms with E-state index in [1.165, 1.54) is 12.1 Å². The summed E-state index contributed by atoms with van der Waals surface area (Å²) in [5.74, 6) is -4.06. The van der Waals surface area contributed by atoms with E-state index in [-0.39, 0.29) is 37.1 Å². The van der Waals surface area contributed by atoms with E-state index >= 15 is 0 Å². The molecule has 0 aliphatic heterocycles. The minimum atomic E-state index is -5.32. The molecular weight excluding hydrogens is 702 g/mol. The number of aromatic nitrogens is 1. The highest BCUT2D eigenvalue weighted by molar-refractivity contribution is 7.81. The lowest BCUT2D eigenvalue weighted by atomic mass is 9.80. The Morgan fingerprint density at radius 2 is 0.889 bits per heavy atom. The molecule has 8 atom stereocenters. The summed E-state index contributed by atoms with van der Waals surface area (Å²) < 4.78 is 158. The van der Waals surface area contributed by atoms with E-state index in [0.29, 0.717) is 0 Å². The van der Waals surface area contributed by atoms with E-state index in [2.05, 4.69) is 21.7 Å². The Kier molecular flexibility index (Phi) is 11.4. The van der Waals surface area contributed by atoms with Gasteiger partial charge in [0.15, 0.2) is 0 Å². The Morgan fingerprint density at radius 3 is 1.16 bits per heavy atom. The molecule has 1 aromatic heterocycles. The summed E-state index contributed by atoms with van der Waals surface area (Å²) in [5.41, 5.74) is 0.325. The van der Waals surface area contributed by atoms with Gasteiger partial charge in [-0.25, -0.2) is 16.7 Å². The van der Waals surface area contributed by atoms with Crippen LogP contribution in [0.5, 0.6) is 0 Å². The Morgan fingerprint density at radius 1 is 0.578 bits per heavy atom. The van der Waals surface area contributed by atoms with Crippen molar-refractivity contribution in [3.05, 3.63) is 23.5 Å². The third kappa shape index (κ3) is 11.2. The van der Waals surface area contributed by atoms with Gasteiger partial charge in [-0.2, -0.15) is 33.7 Å². The van der Waals surface area contributed by atoms with Crippen molar-refractivity contribution in [2.24, 2.45) is 0 Å². The second-order valence-corrected chi connectivity index (χ2v) is 14.2. The van der Waals surface area contributed by atoms with Crippen LogP contribution in [-0.2, 0) is 77.4 Å². The molecular formula is C20H29NO20S4. The van der Waals surface area contributed by atoms with Crippen LogP contribution in [-0.4, -0.2) is 105 Å². The van der Waals surface area contributed by atoms with E-state index < -0.39 is 102 Å². The van der Waals surface area contributed by atoms with Crippen molar-refractivity contribution in [3.8, 4) is 0 Å². The third-order valence-corrected chi connectivity index (χ3v) is 8.70. The largest absolute Gasteiger partial charge is 0.459 e. The maximum atomic E-state index is 12.0. The van der Waals surface area contributed by atoms with E-state index in [1.807, 2.05) is 0 Å². The smallest absolute Gasteiger partial charge is 0.397 e. The summed E-state index contributed by atoms with van der Waals surface area (Å²) in [6.45, 7) is 1.86. The fourth-order valence-corrected chi connectivity index (χ4v) is 7.53. The van der Waals surface area contributed by atoms with Crippen LogP contribution in [0.1, 0.15) is 62.8 Å². The summed E-state index contributed by atoms with van der Waals surface area (Å²) in [7, 11) is -21.0. The predicted octanol–water partition coefficient (Wildman–Crippen LogP) is -0.615. The number of nitrogens with one attached hydrogen (secondary N) is 1. The van der Waals surface area contributed by atoms with Crippen LogP contribution in [0, 0.1) is 0 Å². The topological polar surface area (TPSA) is 323 Å². The van der Waals surface area contributed by atoms with Gasteiger partial charge in [0.2, 0.25) is 0 Å². The van der Waals surface area contributed by atoms with Gasteiger partial charge in [0.05, 0.1) is 0 Å². The molecule has 0 amide bonds. The van der Waals surface area contributed by atoms with E-state index in [4.69, 9.17) is 18.6 Å². The Balaban J connectivity index is 2.04. The molecule has 3 rings (SSSR count). The number of esters is 2. The molecule has 0 radical (unpaired) electrons. The summed E-state index contributed by atoms with van der Waals surface area (Å²) in [6, 6.07) is 2.77. The fraction of sp³-hybridized carbons (Fsp3) is 0.700. The molecule has 0 spiro atoms. The van der Waals surface area contributed by atoms with Gasteiger partial charge in [0, 0.05) is 37.1 Å². The highest BCUT2D eigenvalue weighted by atomic mass is 32.3. The van der Waals surface area contributed by atoms with E-state index in [1.54, 1.807) is 0 Å². The van der Waals surface area contributed by atoms with Crippen molar-refractivity contribution < 1.29 is 87.7 Å². The van der Waals surface area contributed by atoms with Crippen molar-refractivity contribution in [1.29, 1.82) is 0 Å². The maximum Gasteiger partial charge on any atom is 0.397 e. The highest BCUT2D eigenvalue weighted by Gasteiger charge is 2.50. The molecule has 25 heteroatoms. The molecule has 2 aliphatic carbocycles. The molecule has 1 heterocycles. The van der Waals surface area contributed by atoms with Crippen LogP contribution >= 0.6 is 0 Å². The van der Waals surface area contributed by atoms with E-state index in [0.717, 1.165) is 13.8 Å². The molecule has 45 heavy (non-hydrogen) atoms. The minimum Gasteiger partial charge on any atom is -0.459 e. The SMILES string of the molecule is CC(=O)O[C@H]1[C@H](OS(=O)(=O)O)[C@H](OS(=O)(=O)O)CC[C@@H]1c1ccc([C@H]2CC[C@@H](OS(=O)(=O)O)[C@@H](OS(=O)(=O)O)[C@@H]2OC(C)=O)[nH]1. The van der Waals surface area contributed by atoms with Gasteiger partial charge in [0.1, 0.15) is 36.6 Å². The number of H-pyrrole nitrogens is 1. The van der Waals surface area contributed by atoms with Gasteiger partial charge in [-0.15, -0.1) is 0 Å². The third-order valence-electron chi connectivity index (χ3n) is 6.79. The standard InChI is InChI=1S/C20H29NO20S4/c1-9(22)36-17-11(3-7-15(38-42(24,25)26)19(17)40-44(30,31)32)13-5-6-14(21-13)12-4-8-16(39-43(27,28)29)20(41-45(33,34)35)18(12)37-10(2)23/h5-6,11-12,15-21H,3-4,7-8H2,1-2H3,(H,24,25,26)(H,27,28,29)(H,30,31,32)(H,33,34,35)/t11-,12-,15-,16-,17-,18-,19-,20-/m1/s1. The summed E-state index contributed by atoms with van der Waals surface area (Å²) in [6.07, 6.45) is -11.8. The monoisotopic (exact) mass is 731 g/mol.